The fraction of sp³-hybridized carbons (Fsp3) is 0.286. The third-order valence-corrected chi connectivity index (χ3v) is 2.74. The molecule has 16 heavy (non-hydrogen) atoms. The minimum atomic E-state index is -0.334. The van der Waals surface area contributed by atoms with E-state index in [1.807, 2.05) is 0 Å². The van der Waals surface area contributed by atoms with E-state index in [0.29, 0.717) is 15.7 Å². The number of carbonyl (C=O) groups excluding carboxylic acids is 1. The average Bonchev–Trinajstić information content (AvgIpc) is 2.73. The molecule has 0 saturated carbocycles. The van der Waals surface area contributed by atoms with Gasteiger partial charge in [0.1, 0.15) is 4.88 Å². The molecule has 84 valence electrons. The first-order valence-corrected chi connectivity index (χ1v) is 5.16. The van der Waals surface area contributed by atoms with E-state index in [-0.39, 0.29) is 11.9 Å². The molecule has 0 atom stereocenters. The van der Waals surface area contributed by atoms with Crippen LogP contribution in [0.25, 0.3) is 0 Å². The van der Waals surface area contributed by atoms with Crippen molar-refractivity contribution < 1.29 is 4.79 Å². The monoisotopic (exact) mass is 239 g/mol. The number of hydrogen-bond acceptors (Lipinski definition) is 7. The standard InChI is InChI=1S/C7H9N7OS/c1-3-4(16-6(8)9-3)5(15)10-7-11-13-14(2)12-7/h1-2H3,(H2,8,9)(H,10,12,15). The molecular formula is C7H9N7OS. The van der Waals surface area contributed by atoms with Gasteiger partial charge in [-0.3, -0.25) is 10.1 Å². The fourth-order valence-electron chi connectivity index (χ4n) is 1.12. The Morgan fingerprint density at radius 2 is 2.31 bits per heavy atom. The highest BCUT2D eigenvalue weighted by Crippen LogP contribution is 2.20. The van der Waals surface area contributed by atoms with Gasteiger partial charge in [-0.25, -0.2) is 4.98 Å². The van der Waals surface area contributed by atoms with Gasteiger partial charge in [0.25, 0.3) is 11.9 Å². The molecule has 2 aromatic heterocycles. The van der Waals surface area contributed by atoms with E-state index in [1.165, 1.54) is 4.80 Å². The maximum atomic E-state index is 11.7. The second-order valence-corrected chi connectivity index (χ2v) is 4.05. The second-order valence-electron chi connectivity index (χ2n) is 3.02. The van der Waals surface area contributed by atoms with Crippen molar-refractivity contribution in [2.24, 2.45) is 7.05 Å². The molecule has 0 aliphatic carbocycles. The van der Waals surface area contributed by atoms with Gasteiger partial charge in [-0.1, -0.05) is 16.4 Å². The van der Waals surface area contributed by atoms with Gasteiger partial charge in [0.2, 0.25) is 0 Å². The molecule has 0 radical (unpaired) electrons. The fourth-order valence-corrected chi connectivity index (χ4v) is 1.85. The van der Waals surface area contributed by atoms with Crippen molar-refractivity contribution in [3.63, 3.8) is 0 Å². The highest BCUT2D eigenvalue weighted by molar-refractivity contribution is 7.17. The molecule has 0 fully saturated rings. The van der Waals surface area contributed by atoms with E-state index in [2.05, 4.69) is 25.7 Å². The van der Waals surface area contributed by atoms with Crippen LogP contribution < -0.4 is 11.1 Å². The van der Waals surface area contributed by atoms with Crippen LogP contribution in [0.15, 0.2) is 0 Å². The molecule has 2 heterocycles. The molecule has 8 nitrogen and oxygen atoms in total. The number of nitrogens with zero attached hydrogens (tertiary/aromatic N) is 5. The first-order chi connectivity index (χ1) is 7.56. The van der Waals surface area contributed by atoms with Crippen LogP contribution in [-0.2, 0) is 7.05 Å². The van der Waals surface area contributed by atoms with Crippen LogP contribution in [-0.4, -0.2) is 31.1 Å². The molecule has 2 rings (SSSR count). The largest absolute Gasteiger partial charge is 0.375 e. The minimum Gasteiger partial charge on any atom is -0.375 e. The summed E-state index contributed by atoms with van der Waals surface area (Å²) in [6.07, 6.45) is 0. The molecule has 0 aliphatic rings. The van der Waals surface area contributed by atoms with Gasteiger partial charge in [0.15, 0.2) is 5.13 Å². The van der Waals surface area contributed by atoms with Gasteiger partial charge in [0, 0.05) is 0 Å². The zero-order valence-corrected chi connectivity index (χ0v) is 9.45. The van der Waals surface area contributed by atoms with E-state index in [4.69, 9.17) is 5.73 Å². The lowest BCUT2D eigenvalue weighted by Gasteiger charge is -1.96. The van der Waals surface area contributed by atoms with E-state index in [1.54, 1.807) is 14.0 Å². The van der Waals surface area contributed by atoms with E-state index in [0.717, 1.165) is 11.3 Å². The Morgan fingerprint density at radius 3 is 2.81 bits per heavy atom. The Labute approximate surface area is 94.5 Å². The van der Waals surface area contributed by atoms with Crippen LogP contribution in [0.3, 0.4) is 0 Å². The number of rotatable bonds is 2. The molecule has 0 aromatic carbocycles. The molecule has 0 saturated heterocycles. The summed E-state index contributed by atoms with van der Waals surface area (Å²) in [7, 11) is 1.61. The van der Waals surface area contributed by atoms with Crippen LogP contribution in [0.5, 0.6) is 0 Å². The van der Waals surface area contributed by atoms with Gasteiger partial charge in [0.05, 0.1) is 12.7 Å². The number of carbonyl (C=O) groups is 1. The number of hydrogen-bond donors (Lipinski definition) is 2. The summed E-state index contributed by atoms with van der Waals surface area (Å²) in [4.78, 5) is 17.4. The predicted octanol–water partition coefficient (Wildman–Crippen LogP) is -0.190. The summed E-state index contributed by atoms with van der Waals surface area (Å²) < 4.78 is 0. The van der Waals surface area contributed by atoms with Gasteiger partial charge in [-0.15, -0.1) is 5.10 Å². The number of aryl methyl sites for hydroxylation is 2. The summed E-state index contributed by atoms with van der Waals surface area (Å²) in [6.45, 7) is 1.71. The molecule has 0 aliphatic heterocycles. The number of anilines is 2. The van der Waals surface area contributed by atoms with Crippen molar-refractivity contribution in [2.75, 3.05) is 11.1 Å². The van der Waals surface area contributed by atoms with Crippen LogP contribution in [0, 0.1) is 6.92 Å². The quantitative estimate of drug-likeness (QED) is 0.751. The number of aromatic nitrogens is 5. The molecule has 9 heteroatoms. The molecular weight excluding hydrogens is 230 g/mol. The third-order valence-electron chi connectivity index (χ3n) is 1.75. The van der Waals surface area contributed by atoms with Crippen molar-refractivity contribution in [3.05, 3.63) is 10.6 Å². The topological polar surface area (TPSA) is 112 Å². The Morgan fingerprint density at radius 1 is 1.56 bits per heavy atom. The average molecular weight is 239 g/mol. The summed E-state index contributed by atoms with van der Waals surface area (Å²) in [5.74, 6) is -0.182. The number of nitrogens with two attached hydrogens (primary N) is 1. The summed E-state index contributed by atoms with van der Waals surface area (Å²) in [5.41, 5.74) is 6.08. The summed E-state index contributed by atoms with van der Waals surface area (Å²) in [6, 6.07) is 0. The van der Waals surface area contributed by atoms with Gasteiger partial charge >= 0.3 is 0 Å². The second kappa shape index (κ2) is 3.85. The molecule has 1 amide bonds. The first-order valence-electron chi connectivity index (χ1n) is 4.34. The maximum absolute atomic E-state index is 11.7. The van der Waals surface area contributed by atoms with Crippen molar-refractivity contribution in [1.29, 1.82) is 0 Å². The highest BCUT2D eigenvalue weighted by Gasteiger charge is 2.15. The Hall–Kier alpha value is -2.03. The Balaban J connectivity index is 2.17. The highest BCUT2D eigenvalue weighted by atomic mass is 32.1. The summed E-state index contributed by atoms with van der Waals surface area (Å²) >= 11 is 1.12. The van der Waals surface area contributed by atoms with Crippen LogP contribution >= 0.6 is 11.3 Å². The van der Waals surface area contributed by atoms with Crippen molar-refractivity contribution in [2.45, 2.75) is 6.92 Å². The smallest absolute Gasteiger partial charge is 0.270 e. The lowest BCUT2D eigenvalue weighted by molar-refractivity contribution is 0.102. The molecule has 2 aromatic rings. The van der Waals surface area contributed by atoms with Crippen molar-refractivity contribution >= 4 is 28.3 Å². The van der Waals surface area contributed by atoms with Gasteiger partial charge in [-0.2, -0.15) is 4.80 Å². The zero-order valence-electron chi connectivity index (χ0n) is 8.63. The normalized spacial score (nSPS) is 10.4. The number of nitrogen functional groups attached to an aromatic ring is 1. The number of tetrazole rings is 1. The SMILES string of the molecule is Cc1nc(N)sc1C(=O)Nc1nnn(C)n1. The van der Waals surface area contributed by atoms with E-state index < -0.39 is 0 Å². The van der Waals surface area contributed by atoms with Crippen LogP contribution in [0.2, 0.25) is 0 Å². The maximum Gasteiger partial charge on any atom is 0.270 e. The number of amides is 1. The van der Waals surface area contributed by atoms with E-state index in [9.17, 15) is 4.79 Å². The van der Waals surface area contributed by atoms with Gasteiger partial charge < -0.3 is 5.73 Å². The predicted molar refractivity (Wildman–Crippen MR) is 58.0 cm³/mol. The lowest BCUT2D eigenvalue weighted by Crippen LogP contribution is -2.13. The molecule has 3 N–H and O–H groups in total. The van der Waals surface area contributed by atoms with Gasteiger partial charge in [-0.05, 0) is 12.1 Å². The first kappa shape index (κ1) is 10.5. The number of thiazole rings is 1. The summed E-state index contributed by atoms with van der Waals surface area (Å²) in [5, 5.41) is 13.9. The Bertz CT molecular complexity index is 531. The van der Waals surface area contributed by atoms with Crippen molar-refractivity contribution in [3.8, 4) is 0 Å². The number of nitrogens with one attached hydrogen (secondary N) is 1. The zero-order chi connectivity index (χ0) is 11.7. The molecule has 0 spiro atoms. The Kier molecular flexibility index (Phi) is 2.52. The van der Waals surface area contributed by atoms with E-state index >= 15 is 0 Å². The lowest BCUT2D eigenvalue weighted by atomic mass is 10.4. The van der Waals surface area contributed by atoms with Crippen LogP contribution in [0.4, 0.5) is 11.1 Å². The van der Waals surface area contributed by atoms with Crippen molar-refractivity contribution in [1.82, 2.24) is 25.2 Å². The minimum absolute atomic E-state index is 0.152. The van der Waals surface area contributed by atoms with Crippen LogP contribution in [0.1, 0.15) is 15.4 Å². The molecule has 0 bridgehead atoms. The third kappa shape index (κ3) is 1.98. The molecule has 0 unspecified atom stereocenters.